The average Bonchev–Trinajstić information content (AvgIpc) is 3.23. The van der Waals surface area contributed by atoms with E-state index in [1.54, 1.807) is 0 Å². The second kappa shape index (κ2) is 11.3. The summed E-state index contributed by atoms with van der Waals surface area (Å²) in [6, 6.07) is 24.3. The van der Waals surface area contributed by atoms with E-state index in [9.17, 15) is 5.11 Å². The van der Waals surface area contributed by atoms with Gasteiger partial charge in [-0.1, -0.05) is 94.4 Å². The minimum atomic E-state index is -0.900. The number of hydrogen-bond donors (Lipinski definition) is 2. The van der Waals surface area contributed by atoms with E-state index < -0.39 is 5.60 Å². The van der Waals surface area contributed by atoms with E-state index in [4.69, 9.17) is 0 Å². The van der Waals surface area contributed by atoms with Crippen LogP contribution in [0.25, 0.3) is 34.3 Å². The van der Waals surface area contributed by atoms with Crippen molar-refractivity contribution in [3.8, 4) is 11.1 Å². The summed E-state index contributed by atoms with van der Waals surface area (Å²) in [5.74, 6) is 0.821. The van der Waals surface area contributed by atoms with Gasteiger partial charge in [-0.05, 0) is 54.3 Å². The van der Waals surface area contributed by atoms with Gasteiger partial charge in [0.2, 0.25) is 0 Å². The third-order valence-corrected chi connectivity index (χ3v) is 4.63. The number of fused-ring (bicyclic) bond motifs is 1. The Labute approximate surface area is 186 Å². The summed E-state index contributed by atoms with van der Waals surface area (Å²) in [6.45, 7) is 11.6. The van der Waals surface area contributed by atoms with Gasteiger partial charge in [-0.25, -0.2) is 4.98 Å². The lowest BCUT2D eigenvalue weighted by molar-refractivity contribution is 0.0792. The first-order valence-electron chi connectivity index (χ1n) is 11.1. The van der Waals surface area contributed by atoms with Gasteiger partial charge in [-0.3, -0.25) is 0 Å². The van der Waals surface area contributed by atoms with Crippen LogP contribution in [0.15, 0.2) is 72.8 Å². The molecule has 0 unspecified atom stereocenters. The van der Waals surface area contributed by atoms with E-state index >= 15 is 0 Å². The highest BCUT2D eigenvalue weighted by molar-refractivity contribution is 5.84. The van der Waals surface area contributed by atoms with E-state index in [1.165, 1.54) is 0 Å². The second-order valence-corrected chi connectivity index (χ2v) is 7.20. The summed E-state index contributed by atoms with van der Waals surface area (Å²) in [5, 5.41) is 10.5. The molecule has 4 rings (SSSR count). The minimum Gasteiger partial charge on any atom is -0.386 e. The Balaban J connectivity index is 0.000000807. The van der Waals surface area contributed by atoms with Crippen molar-refractivity contribution in [1.82, 2.24) is 9.97 Å². The Bertz CT molecular complexity index is 1100. The van der Waals surface area contributed by atoms with E-state index in [2.05, 4.69) is 34.2 Å². The molecule has 3 heteroatoms. The van der Waals surface area contributed by atoms with Crippen molar-refractivity contribution >= 4 is 23.2 Å². The number of nitrogens with zero attached hydrogens (tertiary/aromatic N) is 1. The zero-order valence-electron chi connectivity index (χ0n) is 19.5. The van der Waals surface area contributed by atoms with Crippen LogP contribution < -0.4 is 0 Å². The van der Waals surface area contributed by atoms with Crippen LogP contribution in [0.1, 0.15) is 58.5 Å². The molecule has 3 aromatic carbocycles. The fourth-order valence-corrected chi connectivity index (χ4v) is 3.28. The molecule has 162 valence electrons. The molecular weight excluding hydrogens is 380 g/mol. The van der Waals surface area contributed by atoms with Crippen LogP contribution in [0.2, 0.25) is 0 Å². The van der Waals surface area contributed by atoms with Crippen molar-refractivity contribution in [2.24, 2.45) is 0 Å². The Kier molecular flexibility index (Phi) is 8.77. The van der Waals surface area contributed by atoms with Gasteiger partial charge < -0.3 is 10.1 Å². The number of nitrogens with one attached hydrogen (secondary N) is 1. The van der Waals surface area contributed by atoms with Gasteiger partial charge in [-0.15, -0.1) is 0 Å². The molecule has 2 N–H and O–H groups in total. The number of benzene rings is 3. The predicted molar refractivity (Wildman–Crippen MR) is 135 cm³/mol. The van der Waals surface area contributed by atoms with Gasteiger partial charge in [0.05, 0.1) is 16.6 Å². The van der Waals surface area contributed by atoms with Gasteiger partial charge >= 0.3 is 0 Å². The van der Waals surface area contributed by atoms with Crippen molar-refractivity contribution in [3.63, 3.8) is 0 Å². The van der Waals surface area contributed by atoms with E-state index in [0.29, 0.717) is 0 Å². The van der Waals surface area contributed by atoms with Gasteiger partial charge in [0.1, 0.15) is 5.82 Å². The molecule has 1 aromatic heterocycles. The van der Waals surface area contributed by atoms with Crippen molar-refractivity contribution in [2.75, 3.05) is 0 Å². The van der Waals surface area contributed by atoms with Crippen molar-refractivity contribution in [3.05, 3.63) is 89.7 Å². The Morgan fingerprint density at radius 3 is 2.13 bits per heavy atom. The Morgan fingerprint density at radius 2 is 1.45 bits per heavy atom. The van der Waals surface area contributed by atoms with Crippen LogP contribution in [0.5, 0.6) is 0 Å². The van der Waals surface area contributed by atoms with Gasteiger partial charge in [0.25, 0.3) is 0 Å². The number of rotatable bonds is 4. The summed E-state index contributed by atoms with van der Waals surface area (Å²) >= 11 is 0. The zero-order valence-corrected chi connectivity index (χ0v) is 19.5. The van der Waals surface area contributed by atoms with Crippen LogP contribution in [0.3, 0.4) is 0 Å². The number of aromatic amines is 1. The first-order chi connectivity index (χ1) is 15.0. The molecule has 3 nitrogen and oxygen atoms in total. The molecule has 0 saturated carbocycles. The van der Waals surface area contributed by atoms with Gasteiger partial charge in [0, 0.05) is 0 Å². The topological polar surface area (TPSA) is 48.9 Å². The monoisotopic (exact) mass is 414 g/mol. The smallest absolute Gasteiger partial charge is 0.131 e. The first-order valence-corrected chi connectivity index (χ1v) is 11.1. The molecule has 0 amide bonds. The highest BCUT2D eigenvalue weighted by atomic mass is 16.3. The van der Waals surface area contributed by atoms with Crippen LogP contribution >= 0.6 is 0 Å². The van der Waals surface area contributed by atoms with Crippen LogP contribution in [0, 0.1) is 0 Å². The summed E-state index contributed by atoms with van der Waals surface area (Å²) < 4.78 is 0. The lowest BCUT2D eigenvalue weighted by Gasteiger charge is -2.21. The minimum absolute atomic E-state index is 0.821. The molecule has 0 radical (unpaired) electrons. The summed E-state index contributed by atoms with van der Waals surface area (Å²) in [5.41, 5.74) is 5.14. The molecule has 0 bridgehead atoms. The number of H-pyrrole nitrogens is 1. The molecule has 0 atom stereocenters. The normalized spacial score (nSPS) is 10.9. The quantitative estimate of drug-likeness (QED) is 0.360. The summed E-state index contributed by atoms with van der Waals surface area (Å²) in [4.78, 5) is 8.02. The van der Waals surface area contributed by atoms with Crippen molar-refractivity contribution < 1.29 is 5.11 Å². The van der Waals surface area contributed by atoms with Crippen molar-refractivity contribution in [2.45, 2.75) is 47.1 Å². The number of aliphatic hydroxyl groups is 1. The van der Waals surface area contributed by atoms with E-state index in [-0.39, 0.29) is 0 Å². The Morgan fingerprint density at radius 1 is 0.806 bits per heavy atom. The lowest BCUT2D eigenvalue weighted by Crippen LogP contribution is -2.16. The SMILES string of the molecule is CC.CC.CC(C)(O)c1ccccc1-c1ccc2nc(/C=C/c3ccccc3)[nH]c2c1. The highest BCUT2D eigenvalue weighted by Crippen LogP contribution is 2.32. The molecule has 0 saturated heterocycles. The van der Waals surface area contributed by atoms with Gasteiger partial charge in [0.15, 0.2) is 0 Å². The number of aromatic nitrogens is 2. The molecule has 0 aliphatic rings. The average molecular weight is 415 g/mol. The number of imidazole rings is 1. The molecule has 1 heterocycles. The first kappa shape index (κ1) is 24.1. The maximum absolute atomic E-state index is 10.5. The fourth-order valence-electron chi connectivity index (χ4n) is 3.28. The predicted octanol–water partition coefficient (Wildman–Crippen LogP) is 7.68. The molecule has 0 spiro atoms. The maximum atomic E-state index is 10.5. The summed E-state index contributed by atoms with van der Waals surface area (Å²) in [7, 11) is 0. The molecule has 31 heavy (non-hydrogen) atoms. The van der Waals surface area contributed by atoms with Gasteiger partial charge in [-0.2, -0.15) is 0 Å². The third kappa shape index (κ3) is 6.16. The van der Waals surface area contributed by atoms with E-state index in [1.807, 2.05) is 102 Å². The second-order valence-electron chi connectivity index (χ2n) is 7.20. The van der Waals surface area contributed by atoms with Crippen LogP contribution in [0.4, 0.5) is 0 Å². The summed E-state index contributed by atoms with van der Waals surface area (Å²) in [6.07, 6.45) is 4.03. The molecule has 0 fully saturated rings. The zero-order chi connectivity index (χ0) is 22.9. The van der Waals surface area contributed by atoms with Crippen LogP contribution in [-0.2, 0) is 5.60 Å². The fraction of sp³-hybridized carbons (Fsp3) is 0.250. The standard InChI is InChI=1S/C24H22N2O.2C2H6/c1-24(2,27)20-11-7-6-10-19(20)18-13-14-21-22(16-18)26-23(25-21)15-12-17-8-4-3-5-9-17;2*1-2/h3-16,27H,1-2H3,(H,25,26);2*1-2H3/b15-12+;;. The molecule has 0 aliphatic heterocycles. The van der Waals surface area contributed by atoms with Crippen LogP contribution in [-0.4, -0.2) is 15.1 Å². The molecular formula is C28H34N2O. The molecule has 4 aromatic rings. The lowest BCUT2D eigenvalue weighted by atomic mass is 9.89. The number of hydrogen-bond acceptors (Lipinski definition) is 2. The highest BCUT2D eigenvalue weighted by Gasteiger charge is 2.20. The van der Waals surface area contributed by atoms with Crippen molar-refractivity contribution in [1.29, 1.82) is 0 Å². The molecule has 0 aliphatic carbocycles. The third-order valence-electron chi connectivity index (χ3n) is 4.63. The Hall–Kier alpha value is -3.17. The largest absolute Gasteiger partial charge is 0.386 e. The maximum Gasteiger partial charge on any atom is 0.131 e. The van der Waals surface area contributed by atoms with E-state index in [0.717, 1.165) is 39.1 Å².